The fraction of sp³-hybridized carbons (Fsp3) is 0.350. The Hall–Kier alpha value is -2.94. The minimum atomic E-state index is -3.41. The van der Waals surface area contributed by atoms with Crippen molar-refractivity contribution in [3.8, 4) is 0 Å². The van der Waals surface area contributed by atoms with E-state index in [9.17, 15) is 23.3 Å². The molecule has 1 aliphatic rings. The van der Waals surface area contributed by atoms with Crippen LogP contribution in [0.25, 0.3) is 0 Å². The van der Waals surface area contributed by atoms with Crippen molar-refractivity contribution in [2.75, 3.05) is 29.6 Å². The molecule has 2 aromatic carbocycles. The molecule has 0 bridgehead atoms. The van der Waals surface area contributed by atoms with Gasteiger partial charge in [0, 0.05) is 36.7 Å². The van der Waals surface area contributed by atoms with Crippen molar-refractivity contribution in [3.05, 3.63) is 58.1 Å². The third-order valence-electron chi connectivity index (χ3n) is 4.95. The molecule has 154 valence electrons. The summed E-state index contributed by atoms with van der Waals surface area (Å²) in [6.07, 6.45) is 3.14. The SMILES string of the molecule is CC1CCCN(c2ccc(C(=O)Nc3cccc(S(C)(=O)=O)c3)cc2[N+](=O)[O-])C1. The van der Waals surface area contributed by atoms with Crippen LogP contribution in [0.5, 0.6) is 0 Å². The van der Waals surface area contributed by atoms with Gasteiger partial charge in [-0.2, -0.15) is 0 Å². The van der Waals surface area contributed by atoms with Crippen LogP contribution in [-0.4, -0.2) is 38.6 Å². The molecular formula is C20H23N3O5S. The number of rotatable bonds is 5. The Morgan fingerprint density at radius 1 is 1.24 bits per heavy atom. The van der Waals surface area contributed by atoms with E-state index >= 15 is 0 Å². The molecule has 1 amide bonds. The molecule has 3 rings (SSSR count). The Morgan fingerprint density at radius 2 is 2.00 bits per heavy atom. The Kier molecular flexibility index (Phi) is 5.88. The van der Waals surface area contributed by atoms with Gasteiger partial charge in [0.1, 0.15) is 5.69 Å². The first kappa shape index (κ1) is 20.8. The minimum Gasteiger partial charge on any atom is -0.366 e. The van der Waals surface area contributed by atoms with E-state index in [-0.39, 0.29) is 16.1 Å². The van der Waals surface area contributed by atoms with Crippen molar-refractivity contribution in [2.24, 2.45) is 5.92 Å². The van der Waals surface area contributed by atoms with E-state index in [1.54, 1.807) is 18.2 Å². The van der Waals surface area contributed by atoms with Gasteiger partial charge in [-0.1, -0.05) is 13.0 Å². The fourth-order valence-electron chi connectivity index (χ4n) is 3.49. The van der Waals surface area contributed by atoms with Crippen molar-refractivity contribution in [2.45, 2.75) is 24.7 Å². The first-order valence-electron chi connectivity index (χ1n) is 9.30. The Labute approximate surface area is 169 Å². The van der Waals surface area contributed by atoms with Gasteiger partial charge in [-0.25, -0.2) is 8.42 Å². The number of nitrogens with one attached hydrogen (secondary N) is 1. The maximum absolute atomic E-state index is 12.6. The normalized spacial score (nSPS) is 17.0. The van der Waals surface area contributed by atoms with E-state index in [4.69, 9.17) is 0 Å². The molecule has 2 aromatic rings. The third-order valence-corrected chi connectivity index (χ3v) is 6.06. The molecule has 29 heavy (non-hydrogen) atoms. The highest BCUT2D eigenvalue weighted by Gasteiger charge is 2.25. The molecular weight excluding hydrogens is 394 g/mol. The lowest BCUT2D eigenvalue weighted by Gasteiger charge is -2.32. The predicted octanol–water partition coefficient (Wildman–Crippen LogP) is 3.49. The number of nitrogens with zero attached hydrogens (tertiary/aromatic N) is 2. The van der Waals surface area contributed by atoms with Crippen LogP contribution in [0.15, 0.2) is 47.4 Å². The summed E-state index contributed by atoms with van der Waals surface area (Å²) in [4.78, 5) is 25.8. The number of piperidine rings is 1. The Bertz CT molecular complexity index is 1050. The molecule has 1 N–H and O–H groups in total. The number of hydrogen-bond donors (Lipinski definition) is 1. The number of sulfone groups is 1. The summed E-state index contributed by atoms with van der Waals surface area (Å²) in [5.74, 6) is -0.0919. The lowest BCUT2D eigenvalue weighted by atomic mass is 9.99. The Balaban J connectivity index is 1.86. The summed E-state index contributed by atoms with van der Waals surface area (Å²) in [7, 11) is -3.41. The second-order valence-electron chi connectivity index (χ2n) is 7.41. The highest BCUT2D eigenvalue weighted by molar-refractivity contribution is 7.90. The lowest BCUT2D eigenvalue weighted by molar-refractivity contribution is -0.384. The van der Waals surface area contributed by atoms with Crippen LogP contribution in [-0.2, 0) is 9.84 Å². The highest BCUT2D eigenvalue weighted by atomic mass is 32.2. The maximum atomic E-state index is 12.6. The summed E-state index contributed by atoms with van der Waals surface area (Å²) >= 11 is 0. The van der Waals surface area contributed by atoms with E-state index in [1.165, 1.54) is 24.3 Å². The molecule has 8 nitrogen and oxygen atoms in total. The number of nitro benzene ring substituents is 1. The zero-order valence-electron chi connectivity index (χ0n) is 16.3. The van der Waals surface area contributed by atoms with Gasteiger partial charge in [-0.3, -0.25) is 14.9 Å². The summed E-state index contributed by atoms with van der Waals surface area (Å²) in [5, 5.41) is 14.2. The topological polar surface area (TPSA) is 110 Å². The van der Waals surface area contributed by atoms with Gasteiger partial charge in [0.15, 0.2) is 9.84 Å². The van der Waals surface area contributed by atoms with Crippen LogP contribution in [0.2, 0.25) is 0 Å². The van der Waals surface area contributed by atoms with Gasteiger partial charge in [0.05, 0.1) is 9.82 Å². The zero-order chi connectivity index (χ0) is 21.2. The number of carbonyl (C=O) groups is 1. The first-order chi connectivity index (χ1) is 13.6. The van der Waals surface area contributed by atoms with Crippen LogP contribution in [0, 0.1) is 16.0 Å². The van der Waals surface area contributed by atoms with Gasteiger partial charge in [-0.15, -0.1) is 0 Å². The van der Waals surface area contributed by atoms with Crippen molar-refractivity contribution in [1.29, 1.82) is 0 Å². The molecule has 1 unspecified atom stereocenters. The second-order valence-corrected chi connectivity index (χ2v) is 9.42. The second kappa shape index (κ2) is 8.20. The number of anilines is 2. The molecule has 1 aliphatic heterocycles. The van der Waals surface area contributed by atoms with Crippen LogP contribution < -0.4 is 10.2 Å². The number of carbonyl (C=O) groups excluding carboxylic acids is 1. The monoisotopic (exact) mass is 417 g/mol. The van der Waals surface area contributed by atoms with Crippen LogP contribution >= 0.6 is 0 Å². The molecule has 1 fully saturated rings. The average Bonchev–Trinajstić information content (AvgIpc) is 2.67. The van der Waals surface area contributed by atoms with Gasteiger partial charge >= 0.3 is 0 Å². The number of nitro groups is 1. The molecule has 1 atom stereocenters. The predicted molar refractivity (Wildman–Crippen MR) is 111 cm³/mol. The quantitative estimate of drug-likeness (QED) is 0.589. The fourth-order valence-corrected chi connectivity index (χ4v) is 4.16. The van der Waals surface area contributed by atoms with Crippen LogP contribution in [0.4, 0.5) is 17.1 Å². The Morgan fingerprint density at radius 3 is 2.66 bits per heavy atom. The van der Waals surface area contributed by atoms with E-state index in [0.717, 1.165) is 32.2 Å². The minimum absolute atomic E-state index is 0.0795. The molecule has 0 saturated carbocycles. The number of amides is 1. The van der Waals surface area contributed by atoms with Gasteiger partial charge < -0.3 is 10.2 Å². The third kappa shape index (κ3) is 4.92. The summed E-state index contributed by atoms with van der Waals surface area (Å²) in [5.41, 5.74) is 0.832. The summed E-state index contributed by atoms with van der Waals surface area (Å²) in [6.45, 7) is 3.60. The molecule has 0 spiro atoms. The molecule has 1 saturated heterocycles. The lowest BCUT2D eigenvalue weighted by Crippen LogP contribution is -2.34. The van der Waals surface area contributed by atoms with Crippen molar-refractivity contribution >= 4 is 32.8 Å². The number of benzene rings is 2. The molecule has 9 heteroatoms. The molecule has 0 radical (unpaired) electrons. The summed E-state index contributed by atoms with van der Waals surface area (Å²) in [6, 6.07) is 10.3. The first-order valence-corrected chi connectivity index (χ1v) is 11.2. The number of hydrogen-bond acceptors (Lipinski definition) is 6. The van der Waals surface area contributed by atoms with E-state index < -0.39 is 20.7 Å². The van der Waals surface area contributed by atoms with Crippen LogP contribution in [0.1, 0.15) is 30.1 Å². The average molecular weight is 417 g/mol. The molecule has 0 aliphatic carbocycles. The van der Waals surface area contributed by atoms with Crippen LogP contribution in [0.3, 0.4) is 0 Å². The van der Waals surface area contributed by atoms with E-state index in [1.807, 2.05) is 4.90 Å². The molecule has 0 aromatic heterocycles. The van der Waals surface area contributed by atoms with E-state index in [2.05, 4.69) is 12.2 Å². The van der Waals surface area contributed by atoms with Gasteiger partial charge in [0.2, 0.25) is 0 Å². The largest absolute Gasteiger partial charge is 0.366 e. The van der Waals surface area contributed by atoms with Gasteiger partial charge in [0.25, 0.3) is 11.6 Å². The standard InChI is InChI=1S/C20H23N3O5S/c1-14-5-4-10-22(13-14)18-9-8-15(11-19(18)23(25)26)20(24)21-16-6-3-7-17(12-16)29(2,27)28/h3,6-9,11-12,14H,4-5,10,13H2,1-2H3,(H,21,24). The molecule has 1 heterocycles. The van der Waals surface area contributed by atoms with Gasteiger partial charge in [-0.05, 0) is 49.1 Å². The smallest absolute Gasteiger partial charge is 0.293 e. The van der Waals surface area contributed by atoms with Crippen molar-refractivity contribution in [1.82, 2.24) is 0 Å². The van der Waals surface area contributed by atoms with Crippen molar-refractivity contribution < 1.29 is 18.1 Å². The summed E-state index contributed by atoms with van der Waals surface area (Å²) < 4.78 is 23.4. The maximum Gasteiger partial charge on any atom is 0.293 e. The zero-order valence-corrected chi connectivity index (χ0v) is 17.1. The van der Waals surface area contributed by atoms with E-state index in [0.29, 0.717) is 17.3 Å². The van der Waals surface area contributed by atoms with Crippen molar-refractivity contribution in [3.63, 3.8) is 0 Å². The highest BCUT2D eigenvalue weighted by Crippen LogP contribution is 2.32.